The van der Waals surface area contributed by atoms with Gasteiger partial charge in [0.1, 0.15) is 6.10 Å². The summed E-state index contributed by atoms with van der Waals surface area (Å²) < 4.78 is 5.87. The van der Waals surface area contributed by atoms with Gasteiger partial charge in [0.05, 0.1) is 5.69 Å². The standard InChI is InChI=1S/C13H21N3O/c1-10(11-5-8-16(2)9-6-11)17-13-12(14)4-3-7-15-13/h3-4,7,10-11H,5-6,8-9,14H2,1-2H3. The Kier molecular flexibility index (Phi) is 3.84. The van der Waals surface area contributed by atoms with E-state index in [2.05, 4.69) is 23.9 Å². The molecule has 1 atom stereocenters. The van der Waals surface area contributed by atoms with E-state index in [1.807, 2.05) is 12.1 Å². The van der Waals surface area contributed by atoms with Crippen LogP contribution >= 0.6 is 0 Å². The molecule has 0 amide bonds. The van der Waals surface area contributed by atoms with Crippen molar-refractivity contribution in [2.75, 3.05) is 25.9 Å². The normalized spacial score (nSPS) is 20.1. The molecule has 4 nitrogen and oxygen atoms in total. The van der Waals surface area contributed by atoms with Gasteiger partial charge in [-0.15, -0.1) is 0 Å². The van der Waals surface area contributed by atoms with E-state index < -0.39 is 0 Å². The van der Waals surface area contributed by atoms with E-state index in [0.29, 0.717) is 17.5 Å². The Bertz CT molecular complexity index is 361. The summed E-state index contributed by atoms with van der Waals surface area (Å²) >= 11 is 0. The molecule has 0 aliphatic carbocycles. The Morgan fingerprint density at radius 2 is 2.18 bits per heavy atom. The molecule has 1 saturated heterocycles. The average Bonchev–Trinajstić information content (AvgIpc) is 2.33. The molecule has 1 fully saturated rings. The van der Waals surface area contributed by atoms with E-state index in [1.165, 1.54) is 12.8 Å². The van der Waals surface area contributed by atoms with Crippen molar-refractivity contribution in [3.8, 4) is 5.88 Å². The van der Waals surface area contributed by atoms with Crippen molar-refractivity contribution < 1.29 is 4.74 Å². The molecule has 4 heteroatoms. The number of hydrogen-bond acceptors (Lipinski definition) is 4. The van der Waals surface area contributed by atoms with Gasteiger partial charge < -0.3 is 15.4 Å². The van der Waals surface area contributed by atoms with Crippen LogP contribution in [0.4, 0.5) is 5.69 Å². The molecular formula is C13H21N3O. The van der Waals surface area contributed by atoms with E-state index in [-0.39, 0.29) is 6.10 Å². The molecule has 1 aromatic heterocycles. The second-order valence-corrected chi connectivity index (χ2v) is 4.86. The van der Waals surface area contributed by atoms with Crippen LogP contribution in [0, 0.1) is 5.92 Å². The van der Waals surface area contributed by atoms with Crippen molar-refractivity contribution in [2.24, 2.45) is 5.92 Å². The van der Waals surface area contributed by atoms with Gasteiger partial charge in [0, 0.05) is 6.20 Å². The molecule has 17 heavy (non-hydrogen) atoms. The van der Waals surface area contributed by atoms with Crippen molar-refractivity contribution in [2.45, 2.75) is 25.9 Å². The van der Waals surface area contributed by atoms with Crippen LogP contribution in [0.25, 0.3) is 0 Å². The third kappa shape index (κ3) is 3.09. The number of nitrogens with two attached hydrogens (primary N) is 1. The molecule has 0 saturated carbocycles. The van der Waals surface area contributed by atoms with Gasteiger partial charge in [0.2, 0.25) is 5.88 Å². The molecular weight excluding hydrogens is 214 g/mol. The highest BCUT2D eigenvalue weighted by Gasteiger charge is 2.24. The number of anilines is 1. The van der Waals surface area contributed by atoms with Crippen LogP contribution < -0.4 is 10.5 Å². The second-order valence-electron chi connectivity index (χ2n) is 4.86. The van der Waals surface area contributed by atoms with Gasteiger partial charge in [-0.25, -0.2) is 4.98 Å². The summed E-state index contributed by atoms with van der Waals surface area (Å²) in [5, 5.41) is 0. The third-order valence-electron chi connectivity index (χ3n) is 3.53. The third-order valence-corrected chi connectivity index (χ3v) is 3.53. The SMILES string of the molecule is CC(Oc1ncccc1N)C1CCN(C)CC1. The minimum Gasteiger partial charge on any atom is -0.473 e. The molecule has 0 radical (unpaired) electrons. The number of nitrogen functional groups attached to an aromatic ring is 1. The summed E-state index contributed by atoms with van der Waals surface area (Å²) in [5.41, 5.74) is 6.44. The molecule has 0 spiro atoms. The lowest BCUT2D eigenvalue weighted by molar-refractivity contribution is 0.0947. The molecule has 1 unspecified atom stereocenters. The molecule has 1 aliphatic rings. The number of nitrogens with zero attached hydrogens (tertiary/aromatic N) is 2. The number of piperidine rings is 1. The maximum absolute atomic E-state index is 5.87. The van der Waals surface area contributed by atoms with Crippen molar-refractivity contribution in [1.29, 1.82) is 0 Å². The Morgan fingerprint density at radius 3 is 2.82 bits per heavy atom. The Balaban J connectivity index is 1.93. The highest BCUT2D eigenvalue weighted by Crippen LogP contribution is 2.25. The summed E-state index contributed by atoms with van der Waals surface area (Å²) in [4.78, 5) is 6.53. The first-order valence-electron chi connectivity index (χ1n) is 6.22. The molecule has 2 N–H and O–H groups in total. The lowest BCUT2D eigenvalue weighted by Gasteiger charge is -2.32. The van der Waals surface area contributed by atoms with Crippen LogP contribution in [-0.4, -0.2) is 36.1 Å². The number of pyridine rings is 1. The summed E-state index contributed by atoms with van der Waals surface area (Å²) in [5.74, 6) is 1.17. The van der Waals surface area contributed by atoms with E-state index in [4.69, 9.17) is 10.5 Å². The zero-order chi connectivity index (χ0) is 12.3. The zero-order valence-electron chi connectivity index (χ0n) is 10.6. The number of likely N-dealkylation sites (tertiary alicyclic amines) is 1. The Labute approximate surface area is 103 Å². The van der Waals surface area contributed by atoms with Crippen LogP contribution in [0.5, 0.6) is 5.88 Å². The van der Waals surface area contributed by atoms with Gasteiger partial charge in [0.25, 0.3) is 0 Å². The molecule has 0 bridgehead atoms. The molecule has 0 aromatic carbocycles. The summed E-state index contributed by atoms with van der Waals surface area (Å²) in [6, 6.07) is 3.64. The van der Waals surface area contributed by atoms with Crippen molar-refractivity contribution in [3.05, 3.63) is 18.3 Å². The maximum Gasteiger partial charge on any atom is 0.237 e. The van der Waals surface area contributed by atoms with Gasteiger partial charge in [-0.1, -0.05) is 0 Å². The van der Waals surface area contributed by atoms with Crippen LogP contribution in [0.15, 0.2) is 18.3 Å². The second kappa shape index (κ2) is 5.36. The number of rotatable bonds is 3. The van der Waals surface area contributed by atoms with Crippen LogP contribution in [0.2, 0.25) is 0 Å². The predicted octanol–water partition coefficient (Wildman–Crippen LogP) is 1.77. The fourth-order valence-electron chi connectivity index (χ4n) is 2.27. The first-order chi connectivity index (χ1) is 8.16. The highest BCUT2D eigenvalue weighted by atomic mass is 16.5. The van der Waals surface area contributed by atoms with Crippen LogP contribution in [-0.2, 0) is 0 Å². The Hall–Kier alpha value is -1.29. The van der Waals surface area contributed by atoms with E-state index in [1.54, 1.807) is 6.20 Å². The molecule has 1 aliphatic heterocycles. The topological polar surface area (TPSA) is 51.4 Å². The fourth-order valence-corrected chi connectivity index (χ4v) is 2.27. The largest absolute Gasteiger partial charge is 0.473 e. The smallest absolute Gasteiger partial charge is 0.237 e. The van der Waals surface area contributed by atoms with Gasteiger partial charge in [-0.2, -0.15) is 0 Å². The lowest BCUT2D eigenvalue weighted by atomic mass is 9.92. The number of aromatic nitrogens is 1. The van der Waals surface area contributed by atoms with Gasteiger partial charge in [-0.05, 0) is 58.0 Å². The maximum atomic E-state index is 5.87. The molecule has 1 aromatic rings. The van der Waals surface area contributed by atoms with Crippen molar-refractivity contribution >= 4 is 5.69 Å². The first kappa shape index (κ1) is 12.2. The van der Waals surface area contributed by atoms with E-state index >= 15 is 0 Å². The van der Waals surface area contributed by atoms with Gasteiger partial charge >= 0.3 is 0 Å². The molecule has 94 valence electrons. The van der Waals surface area contributed by atoms with Crippen molar-refractivity contribution in [3.63, 3.8) is 0 Å². The minimum absolute atomic E-state index is 0.181. The number of ether oxygens (including phenoxy) is 1. The molecule has 2 rings (SSSR count). The fraction of sp³-hybridized carbons (Fsp3) is 0.615. The highest BCUT2D eigenvalue weighted by molar-refractivity contribution is 5.46. The molecule has 2 heterocycles. The first-order valence-corrected chi connectivity index (χ1v) is 6.22. The average molecular weight is 235 g/mol. The van der Waals surface area contributed by atoms with Gasteiger partial charge in [-0.3, -0.25) is 0 Å². The number of hydrogen-bond donors (Lipinski definition) is 1. The van der Waals surface area contributed by atoms with E-state index in [9.17, 15) is 0 Å². The summed E-state index contributed by atoms with van der Waals surface area (Å²) in [6.07, 6.45) is 4.27. The van der Waals surface area contributed by atoms with Crippen LogP contribution in [0.1, 0.15) is 19.8 Å². The quantitative estimate of drug-likeness (QED) is 0.867. The van der Waals surface area contributed by atoms with E-state index in [0.717, 1.165) is 13.1 Å². The summed E-state index contributed by atoms with van der Waals surface area (Å²) in [6.45, 7) is 4.41. The predicted molar refractivity (Wildman–Crippen MR) is 69.0 cm³/mol. The Morgan fingerprint density at radius 1 is 1.47 bits per heavy atom. The minimum atomic E-state index is 0.181. The summed E-state index contributed by atoms with van der Waals surface area (Å²) in [7, 11) is 2.17. The van der Waals surface area contributed by atoms with Crippen LogP contribution in [0.3, 0.4) is 0 Å². The van der Waals surface area contributed by atoms with Gasteiger partial charge in [0.15, 0.2) is 0 Å². The van der Waals surface area contributed by atoms with Crippen molar-refractivity contribution in [1.82, 2.24) is 9.88 Å². The monoisotopic (exact) mass is 235 g/mol. The zero-order valence-corrected chi connectivity index (χ0v) is 10.6. The lowest BCUT2D eigenvalue weighted by Crippen LogP contribution is -2.36.